The molecule has 2 nitrogen and oxygen atoms in total. The first-order chi connectivity index (χ1) is 4.24. The standard InChI is InChI=1S/C6H12FNO/c1-8-3-5(7)2-6(8)4-9/h5-6,9H,2-4H2,1H3. The quantitative estimate of drug-likeness (QED) is 0.545. The maximum Gasteiger partial charge on any atom is 0.114 e. The summed E-state index contributed by atoms with van der Waals surface area (Å²) in [5, 5.41) is 8.65. The molecular weight excluding hydrogens is 121 g/mol. The Kier molecular flexibility index (Phi) is 2.03. The Balaban J connectivity index is 2.38. The number of alkyl halides is 1. The second-order valence-electron chi connectivity index (χ2n) is 2.61. The van der Waals surface area contributed by atoms with Crippen LogP contribution in [0.2, 0.25) is 0 Å². The van der Waals surface area contributed by atoms with Crippen molar-refractivity contribution in [3.05, 3.63) is 0 Å². The van der Waals surface area contributed by atoms with Crippen molar-refractivity contribution < 1.29 is 9.50 Å². The zero-order valence-corrected chi connectivity index (χ0v) is 5.55. The van der Waals surface area contributed by atoms with E-state index in [1.807, 2.05) is 11.9 Å². The fourth-order valence-corrected chi connectivity index (χ4v) is 1.23. The van der Waals surface area contributed by atoms with Crippen molar-refractivity contribution in [1.29, 1.82) is 0 Å². The van der Waals surface area contributed by atoms with Gasteiger partial charge >= 0.3 is 0 Å². The second-order valence-corrected chi connectivity index (χ2v) is 2.61. The van der Waals surface area contributed by atoms with Crippen LogP contribution in [-0.2, 0) is 0 Å². The predicted molar refractivity (Wildman–Crippen MR) is 33.0 cm³/mol. The molecule has 9 heavy (non-hydrogen) atoms. The fourth-order valence-electron chi connectivity index (χ4n) is 1.23. The SMILES string of the molecule is CN1CC(F)CC1CO. The molecule has 2 unspecified atom stereocenters. The summed E-state index contributed by atoms with van der Waals surface area (Å²) in [6, 6.07) is 0.0556. The lowest BCUT2D eigenvalue weighted by atomic mass is 10.2. The first kappa shape index (κ1) is 6.96. The summed E-state index contributed by atoms with van der Waals surface area (Å²) < 4.78 is 12.5. The van der Waals surface area contributed by atoms with Crippen molar-refractivity contribution in [2.24, 2.45) is 0 Å². The van der Waals surface area contributed by atoms with Gasteiger partial charge in [0, 0.05) is 12.6 Å². The number of rotatable bonds is 1. The molecule has 0 bridgehead atoms. The Morgan fingerprint density at radius 3 is 2.67 bits per heavy atom. The molecule has 1 N–H and O–H groups in total. The molecule has 0 saturated carbocycles. The topological polar surface area (TPSA) is 23.5 Å². The van der Waals surface area contributed by atoms with E-state index in [0.717, 1.165) is 0 Å². The molecule has 54 valence electrons. The van der Waals surface area contributed by atoms with Crippen molar-refractivity contribution in [3.8, 4) is 0 Å². The Morgan fingerprint density at radius 2 is 2.44 bits per heavy atom. The zero-order chi connectivity index (χ0) is 6.85. The van der Waals surface area contributed by atoms with E-state index in [4.69, 9.17) is 5.11 Å². The first-order valence-electron chi connectivity index (χ1n) is 3.19. The number of hydrogen-bond donors (Lipinski definition) is 1. The number of aliphatic hydroxyl groups excluding tert-OH is 1. The Morgan fingerprint density at radius 1 is 1.78 bits per heavy atom. The zero-order valence-electron chi connectivity index (χ0n) is 5.55. The van der Waals surface area contributed by atoms with Gasteiger partial charge in [0.2, 0.25) is 0 Å². The normalized spacial score (nSPS) is 37.7. The van der Waals surface area contributed by atoms with Gasteiger partial charge in [-0.3, -0.25) is 4.90 Å². The van der Waals surface area contributed by atoms with Crippen molar-refractivity contribution in [2.75, 3.05) is 20.2 Å². The highest BCUT2D eigenvalue weighted by molar-refractivity contribution is 4.81. The number of nitrogens with zero attached hydrogens (tertiary/aromatic N) is 1. The van der Waals surface area contributed by atoms with Gasteiger partial charge in [0.15, 0.2) is 0 Å². The van der Waals surface area contributed by atoms with Gasteiger partial charge in [-0.25, -0.2) is 4.39 Å². The van der Waals surface area contributed by atoms with E-state index in [-0.39, 0.29) is 12.6 Å². The lowest BCUT2D eigenvalue weighted by Gasteiger charge is -2.14. The average molecular weight is 133 g/mol. The summed E-state index contributed by atoms with van der Waals surface area (Å²) >= 11 is 0. The lowest BCUT2D eigenvalue weighted by Crippen LogP contribution is -2.27. The Hall–Kier alpha value is -0.150. The average Bonchev–Trinajstić information content (AvgIpc) is 2.10. The van der Waals surface area contributed by atoms with Crippen LogP contribution in [0, 0.1) is 0 Å². The molecule has 1 aliphatic rings. The summed E-state index contributed by atoms with van der Waals surface area (Å²) in [7, 11) is 1.83. The molecular formula is C6H12FNO. The third-order valence-corrected chi connectivity index (χ3v) is 1.85. The fraction of sp³-hybridized carbons (Fsp3) is 1.00. The van der Waals surface area contributed by atoms with E-state index >= 15 is 0 Å². The molecule has 1 rings (SSSR count). The van der Waals surface area contributed by atoms with Gasteiger partial charge in [-0.2, -0.15) is 0 Å². The van der Waals surface area contributed by atoms with E-state index < -0.39 is 6.17 Å². The minimum atomic E-state index is -0.729. The minimum Gasteiger partial charge on any atom is -0.395 e. The van der Waals surface area contributed by atoms with E-state index in [1.54, 1.807) is 0 Å². The number of aliphatic hydroxyl groups is 1. The van der Waals surface area contributed by atoms with Gasteiger partial charge < -0.3 is 5.11 Å². The molecule has 1 heterocycles. The Bertz CT molecular complexity index is 99.1. The summed E-state index contributed by atoms with van der Waals surface area (Å²) in [6.45, 7) is 0.558. The third kappa shape index (κ3) is 1.40. The van der Waals surface area contributed by atoms with Crippen molar-refractivity contribution in [2.45, 2.75) is 18.6 Å². The maximum absolute atomic E-state index is 12.5. The van der Waals surface area contributed by atoms with Crippen molar-refractivity contribution in [3.63, 3.8) is 0 Å². The van der Waals surface area contributed by atoms with Crippen LogP contribution < -0.4 is 0 Å². The minimum absolute atomic E-state index is 0.0556. The predicted octanol–water partition coefficient (Wildman–Crippen LogP) is 0.0209. The van der Waals surface area contributed by atoms with E-state index in [9.17, 15) is 4.39 Å². The molecule has 1 saturated heterocycles. The number of likely N-dealkylation sites (tertiary alicyclic amines) is 1. The van der Waals surface area contributed by atoms with Crippen LogP contribution in [0.5, 0.6) is 0 Å². The number of halogens is 1. The summed E-state index contributed by atoms with van der Waals surface area (Å²) in [5.74, 6) is 0. The highest BCUT2D eigenvalue weighted by Gasteiger charge is 2.28. The van der Waals surface area contributed by atoms with E-state index in [1.165, 1.54) is 0 Å². The Labute approximate surface area is 54.3 Å². The molecule has 0 spiro atoms. The largest absolute Gasteiger partial charge is 0.395 e. The van der Waals surface area contributed by atoms with E-state index in [0.29, 0.717) is 13.0 Å². The second kappa shape index (κ2) is 2.62. The van der Waals surface area contributed by atoms with Crippen LogP contribution >= 0.6 is 0 Å². The van der Waals surface area contributed by atoms with E-state index in [2.05, 4.69) is 0 Å². The van der Waals surface area contributed by atoms with Crippen LogP contribution in [-0.4, -0.2) is 42.4 Å². The van der Waals surface area contributed by atoms with Crippen LogP contribution in [0.4, 0.5) is 4.39 Å². The lowest BCUT2D eigenvalue weighted by molar-refractivity contribution is 0.182. The van der Waals surface area contributed by atoms with Crippen molar-refractivity contribution >= 4 is 0 Å². The van der Waals surface area contributed by atoms with Gasteiger partial charge in [0.1, 0.15) is 6.17 Å². The van der Waals surface area contributed by atoms with Crippen LogP contribution in [0.3, 0.4) is 0 Å². The van der Waals surface area contributed by atoms with Gasteiger partial charge in [-0.15, -0.1) is 0 Å². The maximum atomic E-state index is 12.5. The first-order valence-corrected chi connectivity index (χ1v) is 3.19. The van der Waals surface area contributed by atoms with Crippen LogP contribution in [0.25, 0.3) is 0 Å². The monoisotopic (exact) mass is 133 g/mol. The number of likely N-dealkylation sites (N-methyl/N-ethyl adjacent to an activating group) is 1. The van der Waals surface area contributed by atoms with Gasteiger partial charge in [0.25, 0.3) is 0 Å². The van der Waals surface area contributed by atoms with Crippen molar-refractivity contribution in [1.82, 2.24) is 4.90 Å². The molecule has 1 aliphatic heterocycles. The smallest absolute Gasteiger partial charge is 0.114 e. The molecule has 0 amide bonds. The highest BCUT2D eigenvalue weighted by atomic mass is 19.1. The number of hydrogen-bond acceptors (Lipinski definition) is 2. The molecule has 2 atom stereocenters. The third-order valence-electron chi connectivity index (χ3n) is 1.85. The van der Waals surface area contributed by atoms with Gasteiger partial charge in [-0.05, 0) is 13.5 Å². The van der Waals surface area contributed by atoms with Gasteiger partial charge in [0.05, 0.1) is 6.61 Å². The van der Waals surface area contributed by atoms with Crippen LogP contribution in [0.15, 0.2) is 0 Å². The van der Waals surface area contributed by atoms with Crippen LogP contribution in [0.1, 0.15) is 6.42 Å². The molecule has 0 aromatic carbocycles. The highest BCUT2D eigenvalue weighted by Crippen LogP contribution is 2.17. The van der Waals surface area contributed by atoms with Gasteiger partial charge in [-0.1, -0.05) is 0 Å². The molecule has 1 fully saturated rings. The summed E-state index contributed by atoms with van der Waals surface area (Å²) in [5.41, 5.74) is 0. The summed E-state index contributed by atoms with van der Waals surface area (Å²) in [4.78, 5) is 1.85. The molecule has 0 radical (unpaired) electrons. The molecule has 0 aliphatic carbocycles. The molecule has 3 heteroatoms. The molecule has 0 aromatic rings. The molecule has 0 aromatic heterocycles. The summed E-state index contributed by atoms with van der Waals surface area (Å²) in [6.07, 6.45) is -0.236.